The number of aldehydes is 1. The van der Waals surface area contributed by atoms with E-state index >= 15 is 0 Å². The molecule has 1 aromatic rings. The Bertz CT molecular complexity index is 427. The molecule has 3 nitrogen and oxygen atoms in total. The Labute approximate surface area is 115 Å². The zero-order valence-electron chi connectivity index (χ0n) is 12.4. The number of amides is 1. The molecular weight excluding hydrogens is 238 g/mol. The molecule has 3 heteroatoms. The Morgan fingerprint density at radius 2 is 1.47 bits per heavy atom. The van der Waals surface area contributed by atoms with E-state index in [2.05, 4.69) is 0 Å². The van der Waals surface area contributed by atoms with Crippen LogP contribution in [0.4, 0.5) is 0 Å². The zero-order valence-corrected chi connectivity index (χ0v) is 12.4. The number of carbonyl (C=O) groups is 2. The summed E-state index contributed by atoms with van der Waals surface area (Å²) < 4.78 is 0. The number of hydrogen-bond acceptors (Lipinski definition) is 2. The minimum Gasteiger partial charge on any atom is -0.337 e. The van der Waals surface area contributed by atoms with Crippen LogP contribution in [0.1, 0.15) is 56.5 Å². The van der Waals surface area contributed by atoms with Crippen molar-refractivity contribution in [2.75, 3.05) is 0 Å². The van der Waals surface area contributed by atoms with Gasteiger partial charge in [-0.3, -0.25) is 9.59 Å². The van der Waals surface area contributed by atoms with Gasteiger partial charge in [-0.1, -0.05) is 24.3 Å². The third kappa shape index (κ3) is 3.66. The molecule has 0 fully saturated rings. The highest BCUT2D eigenvalue weighted by atomic mass is 16.2. The first-order valence-corrected chi connectivity index (χ1v) is 6.75. The van der Waals surface area contributed by atoms with Crippen LogP contribution in [-0.4, -0.2) is 29.2 Å². The van der Waals surface area contributed by atoms with E-state index in [0.717, 1.165) is 11.8 Å². The van der Waals surface area contributed by atoms with E-state index in [9.17, 15) is 9.59 Å². The standard InChI is InChI=1S/C16H23NO2/c1-11(2)17(12(3)4)16(19)13(5)15-8-6-14(10-18)7-9-15/h6-13H,1-5H3. The predicted molar refractivity (Wildman–Crippen MR) is 77.4 cm³/mol. The molecule has 1 unspecified atom stereocenters. The van der Waals surface area contributed by atoms with Gasteiger partial charge in [0.15, 0.2) is 0 Å². The lowest BCUT2D eigenvalue weighted by atomic mass is 9.97. The lowest BCUT2D eigenvalue weighted by Gasteiger charge is -2.33. The molecule has 0 spiro atoms. The van der Waals surface area contributed by atoms with Gasteiger partial charge in [-0.25, -0.2) is 0 Å². The van der Waals surface area contributed by atoms with Gasteiger partial charge >= 0.3 is 0 Å². The molecule has 1 aromatic carbocycles. The normalized spacial score (nSPS) is 12.6. The number of carbonyl (C=O) groups excluding carboxylic acids is 2. The minimum absolute atomic E-state index is 0.129. The fourth-order valence-corrected chi connectivity index (χ4v) is 2.33. The van der Waals surface area contributed by atoms with E-state index in [1.165, 1.54) is 0 Å². The van der Waals surface area contributed by atoms with E-state index in [1.54, 1.807) is 12.1 Å². The molecule has 0 saturated carbocycles. The highest BCUT2D eigenvalue weighted by Gasteiger charge is 2.25. The maximum atomic E-state index is 12.5. The number of hydrogen-bond donors (Lipinski definition) is 0. The molecule has 0 radical (unpaired) electrons. The van der Waals surface area contributed by atoms with Gasteiger partial charge in [0.05, 0.1) is 5.92 Å². The maximum absolute atomic E-state index is 12.5. The third-order valence-corrected chi connectivity index (χ3v) is 3.31. The lowest BCUT2D eigenvalue weighted by molar-refractivity contribution is -0.136. The van der Waals surface area contributed by atoms with Crippen molar-refractivity contribution in [1.29, 1.82) is 0 Å². The van der Waals surface area contributed by atoms with Crippen LogP contribution in [-0.2, 0) is 4.79 Å². The summed E-state index contributed by atoms with van der Waals surface area (Å²) in [5.74, 6) is -0.0608. The number of nitrogens with zero attached hydrogens (tertiary/aromatic N) is 1. The largest absolute Gasteiger partial charge is 0.337 e. The fourth-order valence-electron chi connectivity index (χ4n) is 2.33. The monoisotopic (exact) mass is 261 g/mol. The summed E-state index contributed by atoms with van der Waals surface area (Å²) in [5, 5.41) is 0. The summed E-state index contributed by atoms with van der Waals surface area (Å²) in [4.78, 5) is 25.1. The first-order chi connectivity index (χ1) is 8.88. The second-order valence-electron chi connectivity index (χ2n) is 5.44. The summed E-state index contributed by atoms with van der Waals surface area (Å²) in [7, 11) is 0. The van der Waals surface area contributed by atoms with Crippen LogP contribution in [0.25, 0.3) is 0 Å². The first kappa shape index (κ1) is 15.4. The van der Waals surface area contributed by atoms with Crippen molar-refractivity contribution in [3.8, 4) is 0 Å². The zero-order chi connectivity index (χ0) is 14.6. The van der Waals surface area contributed by atoms with Gasteiger partial charge in [-0.05, 0) is 40.2 Å². The van der Waals surface area contributed by atoms with Gasteiger partial charge in [-0.2, -0.15) is 0 Å². The fraction of sp³-hybridized carbons (Fsp3) is 0.500. The topological polar surface area (TPSA) is 37.4 Å². The molecule has 0 heterocycles. The van der Waals surface area contributed by atoms with Gasteiger partial charge in [0.25, 0.3) is 0 Å². The molecule has 0 aliphatic rings. The second kappa shape index (κ2) is 6.50. The molecule has 1 atom stereocenters. The number of benzene rings is 1. The summed E-state index contributed by atoms with van der Waals surface area (Å²) in [6.07, 6.45) is 0.810. The van der Waals surface area contributed by atoms with Crippen molar-refractivity contribution in [1.82, 2.24) is 4.90 Å². The number of rotatable bonds is 5. The van der Waals surface area contributed by atoms with Crippen LogP contribution >= 0.6 is 0 Å². The van der Waals surface area contributed by atoms with Crippen molar-refractivity contribution in [3.05, 3.63) is 35.4 Å². The van der Waals surface area contributed by atoms with Crippen molar-refractivity contribution >= 4 is 12.2 Å². The van der Waals surface area contributed by atoms with Gasteiger partial charge in [-0.15, -0.1) is 0 Å². The van der Waals surface area contributed by atoms with Crippen molar-refractivity contribution in [2.45, 2.75) is 52.6 Å². The van der Waals surface area contributed by atoms with Crippen LogP contribution in [0.15, 0.2) is 24.3 Å². The molecule has 0 saturated heterocycles. The maximum Gasteiger partial charge on any atom is 0.230 e. The quantitative estimate of drug-likeness (QED) is 0.763. The molecule has 0 aliphatic heterocycles. The molecule has 0 N–H and O–H groups in total. The Morgan fingerprint density at radius 1 is 1.00 bits per heavy atom. The third-order valence-electron chi connectivity index (χ3n) is 3.31. The molecule has 1 amide bonds. The Kier molecular flexibility index (Phi) is 5.28. The van der Waals surface area contributed by atoms with E-state index in [1.807, 2.05) is 51.7 Å². The van der Waals surface area contributed by atoms with Crippen LogP contribution in [0, 0.1) is 0 Å². The molecular formula is C16H23NO2. The van der Waals surface area contributed by atoms with Crippen molar-refractivity contribution in [3.63, 3.8) is 0 Å². The van der Waals surface area contributed by atoms with Crippen molar-refractivity contribution < 1.29 is 9.59 Å². The highest BCUT2D eigenvalue weighted by molar-refractivity contribution is 5.84. The first-order valence-electron chi connectivity index (χ1n) is 6.75. The summed E-state index contributed by atoms with van der Waals surface area (Å²) in [6.45, 7) is 10.0. The molecule has 1 rings (SSSR count). The SMILES string of the molecule is CC(C(=O)N(C(C)C)C(C)C)c1ccc(C=O)cc1. The minimum atomic E-state index is -0.189. The van der Waals surface area contributed by atoms with Crippen LogP contribution < -0.4 is 0 Å². The van der Waals surface area contributed by atoms with Gasteiger partial charge in [0.2, 0.25) is 5.91 Å². The average molecular weight is 261 g/mol. The van der Waals surface area contributed by atoms with Gasteiger partial charge in [0.1, 0.15) is 6.29 Å². The Hall–Kier alpha value is -1.64. The van der Waals surface area contributed by atoms with E-state index in [4.69, 9.17) is 0 Å². The Balaban J connectivity index is 2.93. The van der Waals surface area contributed by atoms with E-state index in [-0.39, 0.29) is 23.9 Å². The smallest absolute Gasteiger partial charge is 0.230 e. The predicted octanol–water partition coefficient (Wildman–Crippen LogP) is 3.25. The second-order valence-corrected chi connectivity index (χ2v) is 5.44. The highest BCUT2D eigenvalue weighted by Crippen LogP contribution is 2.21. The van der Waals surface area contributed by atoms with Crippen LogP contribution in [0.3, 0.4) is 0 Å². The summed E-state index contributed by atoms with van der Waals surface area (Å²) in [6, 6.07) is 7.58. The summed E-state index contributed by atoms with van der Waals surface area (Å²) in [5.41, 5.74) is 1.58. The van der Waals surface area contributed by atoms with E-state index < -0.39 is 0 Å². The Morgan fingerprint density at radius 3 is 1.84 bits per heavy atom. The molecule has 104 valence electrons. The molecule has 19 heavy (non-hydrogen) atoms. The van der Waals surface area contributed by atoms with Crippen LogP contribution in [0.2, 0.25) is 0 Å². The van der Waals surface area contributed by atoms with E-state index in [0.29, 0.717) is 5.56 Å². The molecule has 0 aromatic heterocycles. The average Bonchev–Trinajstić information content (AvgIpc) is 2.37. The lowest BCUT2D eigenvalue weighted by Crippen LogP contribution is -2.44. The van der Waals surface area contributed by atoms with Crippen molar-refractivity contribution in [2.24, 2.45) is 0 Å². The van der Waals surface area contributed by atoms with Gasteiger partial charge < -0.3 is 4.90 Å². The molecule has 0 aliphatic carbocycles. The van der Waals surface area contributed by atoms with Gasteiger partial charge in [0, 0.05) is 17.6 Å². The van der Waals surface area contributed by atoms with Crippen LogP contribution in [0.5, 0.6) is 0 Å². The summed E-state index contributed by atoms with van der Waals surface area (Å²) >= 11 is 0. The molecule has 0 bridgehead atoms.